The van der Waals surface area contributed by atoms with Crippen LogP contribution in [0.25, 0.3) is 0 Å². The number of hydrogen-bond donors (Lipinski definition) is 2. The summed E-state index contributed by atoms with van der Waals surface area (Å²) in [5.41, 5.74) is 12.3. The third-order valence-electron chi connectivity index (χ3n) is 3.97. The average Bonchev–Trinajstić information content (AvgIpc) is 2.53. The molecule has 1 saturated heterocycles. The molecule has 120 valence electrons. The zero-order valence-corrected chi connectivity index (χ0v) is 13.7. The summed E-state index contributed by atoms with van der Waals surface area (Å²) >= 11 is 5.15. The van der Waals surface area contributed by atoms with E-state index in [1.165, 1.54) is 7.11 Å². The van der Waals surface area contributed by atoms with Gasteiger partial charge in [-0.1, -0.05) is 31.3 Å². The SMILES string of the molecule is COC(=O)N1CCC(N(C=S)Nc2ccccc2N)C(C)C1. The summed E-state index contributed by atoms with van der Waals surface area (Å²) < 4.78 is 4.78. The lowest BCUT2D eigenvalue weighted by Gasteiger charge is -2.41. The molecule has 2 unspecified atom stereocenters. The third kappa shape index (κ3) is 3.59. The van der Waals surface area contributed by atoms with Crippen molar-refractivity contribution in [3.05, 3.63) is 24.3 Å². The van der Waals surface area contributed by atoms with Crippen LogP contribution in [0.3, 0.4) is 0 Å². The van der Waals surface area contributed by atoms with Crippen molar-refractivity contribution < 1.29 is 9.53 Å². The van der Waals surface area contributed by atoms with Gasteiger partial charge in [-0.3, -0.25) is 10.4 Å². The highest BCUT2D eigenvalue weighted by atomic mass is 32.1. The summed E-state index contributed by atoms with van der Waals surface area (Å²) in [6, 6.07) is 7.75. The first-order chi connectivity index (χ1) is 10.6. The van der Waals surface area contributed by atoms with Crippen LogP contribution >= 0.6 is 12.2 Å². The summed E-state index contributed by atoms with van der Waals surface area (Å²) in [4.78, 5) is 13.3. The fourth-order valence-electron chi connectivity index (χ4n) is 2.77. The molecule has 1 fully saturated rings. The molecular formula is C15H22N4O2S. The number of carbonyl (C=O) groups excluding carboxylic acids is 1. The van der Waals surface area contributed by atoms with E-state index >= 15 is 0 Å². The van der Waals surface area contributed by atoms with Crippen LogP contribution in [0, 0.1) is 5.92 Å². The number of anilines is 2. The van der Waals surface area contributed by atoms with Crippen LogP contribution in [0.15, 0.2) is 24.3 Å². The molecule has 0 saturated carbocycles. The normalized spacial score (nSPS) is 21.1. The number of amides is 1. The second-order valence-electron chi connectivity index (χ2n) is 5.46. The van der Waals surface area contributed by atoms with E-state index in [1.807, 2.05) is 29.3 Å². The van der Waals surface area contributed by atoms with Crippen molar-refractivity contribution in [2.24, 2.45) is 5.92 Å². The van der Waals surface area contributed by atoms with Crippen molar-refractivity contribution in [2.75, 3.05) is 31.4 Å². The van der Waals surface area contributed by atoms with Gasteiger partial charge in [-0.15, -0.1) is 0 Å². The highest BCUT2D eigenvalue weighted by molar-refractivity contribution is 7.78. The number of para-hydroxylation sites is 2. The highest BCUT2D eigenvalue weighted by Crippen LogP contribution is 2.24. The number of nitrogens with one attached hydrogen (secondary N) is 1. The van der Waals surface area contributed by atoms with E-state index in [0.29, 0.717) is 18.8 Å². The van der Waals surface area contributed by atoms with Gasteiger partial charge in [-0.25, -0.2) is 4.79 Å². The van der Waals surface area contributed by atoms with Crippen LogP contribution in [0.2, 0.25) is 0 Å². The van der Waals surface area contributed by atoms with Gasteiger partial charge in [0.1, 0.15) is 0 Å². The van der Waals surface area contributed by atoms with Crippen LogP contribution in [0.5, 0.6) is 0 Å². The van der Waals surface area contributed by atoms with Gasteiger partial charge in [0.2, 0.25) is 0 Å². The maximum atomic E-state index is 11.6. The number of hydrogen-bond acceptors (Lipinski definition) is 5. The maximum absolute atomic E-state index is 11.6. The fourth-order valence-corrected chi connectivity index (χ4v) is 2.98. The molecule has 2 rings (SSSR count). The molecule has 1 aromatic carbocycles. The minimum Gasteiger partial charge on any atom is -0.453 e. The monoisotopic (exact) mass is 322 g/mol. The Labute approximate surface area is 136 Å². The standard InChI is InChI=1S/C15H22N4O2S/c1-11-9-18(15(20)21-2)8-7-14(11)19(10-22)17-13-6-4-3-5-12(13)16/h3-6,10-11,14,17H,7-9,16H2,1-2H3. The first kappa shape index (κ1) is 16.4. The van der Waals surface area contributed by atoms with Crippen molar-refractivity contribution in [1.82, 2.24) is 9.91 Å². The molecule has 0 aromatic heterocycles. The zero-order valence-electron chi connectivity index (χ0n) is 12.9. The largest absolute Gasteiger partial charge is 0.453 e. The van der Waals surface area contributed by atoms with E-state index in [-0.39, 0.29) is 18.1 Å². The number of nitrogens with two attached hydrogens (primary N) is 1. The highest BCUT2D eigenvalue weighted by Gasteiger charge is 2.32. The molecule has 2 atom stereocenters. The Balaban J connectivity index is 2.04. The molecule has 1 aliphatic rings. The van der Waals surface area contributed by atoms with Crippen LogP contribution in [0.4, 0.5) is 16.2 Å². The minimum absolute atomic E-state index is 0.193. The molecular weight excluding hydrogens is 300 g/mol. The molecule has 3 N–H and O–H groups in total. The summed E-state index contributed by atoms with van der Waals surface area (Å²) in [5, 5.41) is 1.90. The lowest BCUT2D eigenvalue weighted by molar-refractivity contribution is 0.0826. The predicted octanol–water partition coefficient (Wildman–Crippen LogP) is 2.33. The van der Waals surface area contributed by atoms with Gasteiger partial charge in [0.05, 0.1) is 30.0 Å². The maximum Gasteiger partial charge on any atom is 0.409 e. The second kappa shape index (κ2) is 7.31. The molecule has 1 aliphatic heterocycles. The molecule has 0 aliphatic carbocycles. The molecule has 0 radical (unpaired) electrons. The van der Waals surface area contributed by atoms with Gasteiger partial charge < -0.3 is 15.4 Å². The Hall–Kier alpha value is -2.02. The van der Waals surface area contributed by atoms with Gasteiger partial charge in [0.15, 0.2) is 0 Å². The lowest BCUT2D eigenvalue weighted by Crippen LogP contribution is -2.52. The van der Waals surface area contributed by atoms with Crippen molar-refractivity contribution in [2.45, 2.75) is 19.4 Å². The van der Waals surface area contributed by atoms with Crippen molar-refractivity contribution in [3.63, 3.8) is 0 Å². The summed E-state index contributed by atoms with van der Waals surface area (Å²) in [5.74, 6) is 0.254. The first-order valence-electron chi connectivity index (χ1n) is 7.24. The topological polar surface area (TPSA) is 70.8 Å². The minimum atomic E-state index is -0.278. The Bertz CT molecular complexity index is 540. The molecule has 0 spiro atoms. The van der Waals surface area contributed by atoms with Crippen LogP contribution in [-0.4, -0.2) is 47.7 Å². The number of nitrogens with zero attached hydrogens (tertiary/aromatic N) is 2. The number of methoxy groups -OCH3 is 1. The van der Waals surface area contributed by atoms with Gasteiger partial charge in [-0.2, -0.15) is 0 Å². The van der Waals surface area contributed by atoms with E-state index in [9.17, 15) is 4.79 Å². The molecule has 1 heterocycles. The van der Waals surface area contributed by atoms with Crippen LogP contribution in [-0.2, 0) is 4.74 Å². The van der Waals surface area contributed by atoms with E-state index in [2.05, 4.69) is 12.3 Å². The summed E-state index contributed by atoms with van der Waals surface area (Å²) in [6.07, 6.45) is 0.530. The van der Waals surface area contributed by atoms with Crippen molar-refractivity contribution in [3.8, 4) is 0 Å². The Morgan fingerprint density at radius 2 is 2.27 bits per heavy atom. The molecule has 7 heteroatoms. The number of nitrogen functional groups attached to an aromatic ring is 1. The van der Waals surface area contributed by atoms with Gasteiger partial charge in [-0.05, 0) is 24.5 Å². The lowest BCUT2D eigenvalue weighted by atomic mass is 9.94. The number of hydrazine groups is 1. The van der Waals surface area contributed by atoms with Crippen molar-refractivity contribution >= 4 is 35.2 Å². The van der Waals surface area contributed by atoms with Crippen LogP contribution < -0.4 is 11.2 Å². The average molecular weight is 322 g/mol. The number of benzene rings is 1. The molecule has 0 bridgehead atoms. The molecule has 1 aromatic rings. The Kier molecular flexibility index (Phi) is 5.43. The number of likely N-dealkylation sites (tertiary alicyclic amines) is 1. The predicted molar refractivity (Wildman–Crippen MR) is 91.5 cm³/mol. The van der Waals surface area contributed by atoms with E-state index in [1.54, 1.807) is 10.4 Å². The summed E-state index contributed by atoms with van der Waals surface area (Å²) in [7, 11) is 1.40. The smallest absolute Gasteiger partial charge is 0.409 e. The van der Waals surface area contributed by atoms with Crippen molar-refractivity contribution in [1.29, 1.82) is 0 Å². The zero-order chi connectivity index (χ0) is 16.1. The van der Waals surface area contributed by atoms with E-state index < -0.39 is 0 Å². The number of rotatable bonds is 4. The third-order valence-corrected chi connectivity index (χ3v) is 4.20. The van der Waals surface area contributed by atoms with Gasteiger partial charge in [0.25, 0.3) is 0 Å². The number of piperidine rings is 1. The quantitative estimate of drug-likeness (QED) is 0.504. The van der Waals surface area contributed by atoms with Gasteiger partial charge >= 0.3 is 6.09 Å². The Morgan fingerprint density at radius 1 is 1.55 bits per heavy atom. The molecule has 1 amide bonds. The van der Waals surface area contributed by atoms with E-state index in [4.69, 9.17) is 22.7 Å². The second-order valence-corrected chi connectivity index (χ2v) is 5.67. The Morgan fingerprint density at radius 3 is 2.86 bits per heavy atom. The first-order valence-corrected chi connectivity index (χ1v) is 7.71. The fraction of sp³-hybridized carbons (Fsp3) is 0.467. The van der Waals surface area contributed by atoms with E-state index in [0.717, 1.165) is 12.1 Å². The number of ether oxygens (including phenoxy) is 1. The summed E-state index contributed by atoms with van der Waals surface area (Å²) in [6.45, 7) is 3.39. The van der Waals surface area contributed by atoms with Crippen LogP contribution in [0.1, 0.15) is 13.3 Å². The number of thiocarbonyl (C=S) groups is 1. The number of carbonyl (C=O) groups is 1. The molecule has 6 nitrogen and oxygen atoms in total. The molecule has 22 heavy (non-hydrogen) atoms. The van der Waals surface area contributed by atoms with Gasteiger partial charge in [0, 0.05) is 13.1 Å².